The van der Waals surface area contributed by atoms with Crippen LogP contribution in [-0.4, -0.2) is 24.9 Å². The lowest BCUT2D eigenvalue weighted by Crippen LogP contribution is -2.23. The van der Waals surface area contributed by atoms with Crippen molar-refractivity contribution in [2.45, 2.75) is 52.2 Å². The molecule has 0 heterocycles. The number of ether oxygens (including phenoxy) is 2. The summed E-state index contributed by atoms with van der Waals surface area (Å²) in [7, 11) is 0. The summed E-state index contributed by atoms with van der Waals surface area (Å²) in [6.07, 6.45) is 1.83. The van der Waals surface area contributed by atoms with Crippen LogP contribution in [0, 0.1) is 0 Å². The highest BCUT2D eigenvalue weighted by molar-refractivity contribution is 5.33. The summed E-state index contributed by atoms with van der Waals surface area (Å²) in [6.45, 7) is 9.39. The molecule has 3 heteroatoms. The molecule has 0 aromatic heterocycles. The Bertz CT molecular complexity index is 371. The van der Waals surface area contributed by atoms with E-state index in [1.165, 1.54) is 5.56 Å². The molecule has 0 bridgehead atoms. The largest absolute Gasteiger partial charge is 0.491 e. The second-order valence-electron chi connectivity index (χ2n) is 5.79. The molecule has 0 aliphatic heterocycles. The summed E-state index contributed by atoms with van der Waals surface area (Å²) in [5, 5.41) is 0. The first-order valence-electron chi connectivity index (χ1n) is 7.02. The number of para-hydroxylation sites is 1. The lowest BCUT2D eigenvalue weighted by Gasteiger charge is -2.20. The van der Waals surface area contributed by atoms with Gasteiger partial charge in [-0.25, -0.2) is 0 Å². The first-order valence-corrected chi connectivity index (χ1v) is 7.02. The van der Waals surface area contributed by atoms with Crippen LogP contribution in [-0.2, 0) is 11.2 Å². The van der Waals surface area contributed by atoms with Gasteiger partial charge in [0, 0.05) is 6.04 Å². The minimum atomic E-state index is -0.118. The Labute approximate surface area is 117 Å². The lowest BCUT2D eigenvalue weighted by molar-refractivity contribution is -0.0164. The summed E-state index contributed by atoms with van der Waals surface area (Å²) in [4.78, 5) is 0. The highest BCUT2D eigenvalue weighted by Gasteiger charge is 2.10. The molecule has 0 radical (unpaired) electrons. The summed E-state index contributed by atoms with van der Waals surface area (Å²) in [5.74, 6) is 0.920. The van der Waals surface area contributed by atoms with E-state index >= 15 is 0 Å². The molecule has 19 heavy (non-hydrogen) atoms. The number of rotatable bonds is 7. The molecule has 1 atom stereocenters. The normalized spacial score (nSPS) is 13.3. The van der Waals surface area contributed by atoms with Crippen molar-refractivity contribution in [2.24, 2.45) is 5.73 Å². The van der Waals surface area contributed by atoms with Crippen LogP contribution < -0.4 is 10.5 Å². The third-order valence-corrected chi connectivity index (χ3v) is 2.86. The van der Waals surface area contributed by atoms with Crippen LogP contribution in [0.25, 0.3) is 0 Å². The number of benzene rings is 1. The van der Waals surface area contributed by atoms with E-state index < -0.39 is 0 Å². The van der Waals surface area contributed by atoms with Gasteiger partial charge in [0.2, 0.25) is 0 Å². The van der Waals surface area contributed by atoms with Crippen LogP contribution in [0.15, 0.2) is 24.3 Å². The van der Waals surface area contributed by atoms with Crippen LogP contribution in [0.2, 0.25) is 0 Å². The van der Waals surface area contributed by atoms with Gasteiger partial charge in [0.05, 0.1) is 12.2 Å². The minimum absolute atomic E-state index is 0.118. The van der Waals surface area contributed by atoms with E-state index in [4.69, 9.17) is 15.2 Å². The Morgan fingerprint density at radius 1 is 1.16 bits per heavy atom. The third-order valence-electron chi connectivity index (χ3n) is 2.86. The molecule has 108 valence electrons. The van der Waals surface area contributed by atoms with Gasteiger partial charge < -0.3 is 15.2 Å². The van der Waals surface area contributed by atoms with Gasteiger partial charge in [0.15, 0.2) is 0 Å². The molecule has 0 aliphatic carbocycles. The van der Waals surface area contributed by atoms with E-state index in [1.807, 2.05) is 39.0 Å². The van der Waals surface area contributed by atoms with Crippen LogP contribution in [0.4, 0.5) is 0 Å². The zero-order chi connectivity index (χ0) is 14.3. The van der Waals surface area contributed by atoms with Crippen molar-refractivity contribution in [3.05, 3.63) is 29.8 Å². The average molecular weight is 265 g/mol. The molecule has 1 rings (SSSR count). The molecule has 0 saturated carbocycles. The fourth-order valence-corrected chi connectivity index (χ4v) is 1.74. The predicted octanol–water partition coefficient (Wildman–Crippen LogP) is 3.16. The topological polar surface area (TPSA) is 44.5 Å². The summed E-state index contributed by atoms with van der Waals surface area (Å²) in [6, 6.07) is 8.28. The number of nitrogens with two attached hydrogens (primary N) is 1. The molecule has 0 aliphatic rings. The maximum atomic E-state index is 6.01. The minimum Gasteiger partial charge on any atom is -0.491 e. The maximum absolute atomic E-state index is 6.01. The van der Waals surface area contributed by atoms with Crippen LogP contribution in [0.1, 0.15) is 39.7 Å². The first kappa shape index (κ1) is 16.0. The fraction of sp³-hybridized carbons (Fsp3) is 0.625. The number of hydrogen-bond acceptors (Lipinski definition) is 3. The van der Waals surface area contributed by atoms with Gasteiger partial charge in [-0.3, -0.25) is 0 Å². The molecule has 0 spiro atoms. The molecule has 1 aromatic carbocycles. The summed E-state index contributed by atoms with van der Waals surface area (Å²) >= 11 is 0. The smallest absolute Gasteiger partial charge is 0.122 e. The Kier molecular flexibility index (Phi) is 6.32. The zero-order valence-corrected chi connectivity index (χ0v) is 12.6. The predicted molar refractivity (Wildman–Crippen MR) is 79.6 cm³/mol. The van der Waals surface area contributed by atoms with Gasteiger partial charge in [-0.15, -0.1) is 0 Å². The van der Waals surface area contributed by atoms with Crippen LogP contribution in [0.3, 0.4) is 0 Å². The van der Waals surface area contributed by atoms with Gasteiger partial charge >= 0.3 is 0 Å². The molecule has 0 saturated heterocycles. The van der Waals surface area contributed by atoms with Gasteiger partial charge in [0.25, 0.3) is 0 Å². The van der Waals surface area contributed by atoms with Gasteiger partial charge in [-0.05, 0) is 45.2 Å². The van der Waals surface area contributed by atoms with E-state index in [9.17, 15) is 0 Å². The van der Waals surface area contributed by atoms with Crippen LogP contribution >= 0.6 is 0 Å². The highest BCUT2D eigenvalue weighted by Crippen LogP contribution is 2.20. The quantitative estimate of drug-likeness (QED) is 0.770. The molecular formula is C16H27NO2. The Balaban J connectivity index is 2.49. The fourth-order valence-electron chi connectivity index (χ4n) is 1.74. The van der Waals surface area contributed by atoms with Crippen molar-refractivity contribution < 1.29 is 9.47 Å². The highest BCUT2D eigenvalue weighted by atomic mass is 16.5. The Morgan fingerprint density at radius 2 is 1.84 bits per heavy atom. The van der Waals surface area contributed by atoms with Gasteiger partial charge in [-0.2, -0.15) is 0 Å². The van der Waals surface area contributed by atoms with Crippen molar-refractivity contribution in [2.75, 3.05) is 13.2 Å². The first-order chi connectivity index (χ1) is 8.92. The van der Waals surface area contributed by atoms with Gasteiger partial charge in [0.1, 0.15) is 12.4 Å². The maximum Gasteiger partial charge on any atom is 0.122 e. The third kappa shape index (κ3) is 6.60. The van der Waals surface area contributed by atoms with Crippen molar-refractivity contribution in [1.82, 2.24) is 0 Å². The monoisotopic (exact) mass is 265 g/mol. The molecule has 0 amide bonds. The molecule has 1 unspecified atom stereocenters. The molecule has 2 N–H and O–H groups in total. The standard InChI is InChI=1S/C16H27NO2/c1-5-14(17)12-13-8-6-7-9-15(13)18-10-11-19-16(2,3)4/h6-9,14H,5,10-12,17H2,1-4H3. The molecule has 0 fully saturated rings. The lowest BCUT2D eigenvalue weighted by atomic mass is 10.0. The van der Waals surface area contributed by atoms with E-state index in [0.29, 0.717) is 13.2 Å². The van der Waals surface area contributed by atoms with Crippen LogP contribution in [0.5, 0.6) is 5.75 Å². The number of hydrogen-bond donors (Lipinski definition) is 1. The molecule has 1 aromatic rings. The van der Waals surface area contributed by atoms with Crippen molar-refractivity contribution >= 4 is 0 Å². The Morgan fingerprint density at radius 3 is 2.47 bits per heavy atom. The average Bonchev–Trinajstić information content (AvgIpc) is 2.35. The summed E-state index contributed by atoms with van der Waals surface area (Å²) < 4.78 is 11.4. The summed E-state index contributed by atoms with van der Waals surface area (Å²) in [5.41, 5.74) is 7.06. The van der Waals surface area contributed by atoms with Crippen molar-refractivity contribution in [3.8, 4) is 5.75 Å². The van der Waals surface area contributed by atoms with Crippen molar-refractivity contribution in [1.29, 1.82) is 0 Å². The zero-order valence-electron chi connectivity index (χ0n) is 12.6. The van der Waals surface area contributed by atoms with E-state index in [-0.39, 0.29) is 11.6 Å². The van der Waals surface area contributed by atoms with E-state index in [1.54, 1.807) is 0 Å². The van der Waals surface area contributed by atoms with Crippen molar-refractivity contribution in [3.63, 3.8) is 0 Å². The van der Waals surface area contributed by atoms with E-state index in [0.717, 1.165) is 18.6 Å². The second-order valence-corrected chi connectivity index (χ2v) is 5.79. The molecule has 3 nitrogen and oxygen atoms in total. The van der Waals surface area contributed by atoms with E-state index in [2.05, 4.69) is 13.0 Å². The Hall–Kier alpha value is -1.06. The second kappa shape index (κ2) is 7.51. The molecular weight excluding hydrogens is 238 g/mol. The van der Waals surface area contributed by atoms with Gasteiger partial charge in [-0.1, -0.05) is 25.1 Å². The SMILES string of the molecule is CCC(N)Cc1ccccc1OCCOC(C)(C)C.